The first-order valence-electron chi connectivity index (χ1n) is 11.3. The Bertz CT molecular complexity index is 1120. The van der Waals surface area contributed by atoms with Crippen molar-refractivity contribution in [1.82, 2.24) is 10.6 Å². The van der Waals surface area contributed by atoms with Gasteiger partial charge < -0.3 is 36.4 Å². The summed E-state index contributed by atoms with van der Waals surface area (Å²) in [7, 11) is 0. The number of phenols is 1. The number of carboxylic acids is 2. The highest BCUT2D eigenvalue weighted by atomic mass is 16.5. The number of aromatic hydroxyl groups is 1. The fourth-order valence-corrected chi connectivity index (χ4v) is 3.37. The molecule has 2 aromatic rings. The Morgan fingerprint density at radius 1 is 0.811 bits per heavy atom. The monoisotopic (exact) mass is 515 g/mol. The van der Waals surface area contributed by atoms with E-state index in [9.17, 15) is 29.1 Å². The van der Waals surface area contributed by atoms with Gasteiger partial charge in [-0.25, -0.2) is 4.79 Å². The molecule has 7 N–H and O–H groups in total. The Labute approximate surface area is 212 Å². The van der Waals surface area contributed by atoms with Crippen LogP contribution in [-0.4, -0.2) is 63.7 Å². The molecule has 0 aliphatic carbocycles. The number of carboxylic acid groups (broad SMARTS) is 2. The molecule has 2 rings (SSSR count). The lowest BCUT2D eigenvalue weighted by atomic mass is 9.98. The van der Waals surface area contributed by atoms with Crippen molar-refractivity contribution in [1.29, 1.82) is 0 Å². The highest BCUT2D eigenvalue weighted by Crippen LogP contribution is 2.16. The molecule has 0 saturated heterocycles. The van der Waals surface area contributed by atoms with E-state index in [1.54, 1.807) is 43.3 Å². The minimum atomic E-state index is -1.47. The maximum absolute atomic E-state index is 12.9. The smallest absolute Gasteiger partial charge is 0.341 e. The second-order valence-corrected chi connectivity index (χ2v) is 8.42. The molecule has 0 heterocycles. The van der Waals surface area contributed by atoms with E-state index < -0.39 is 60.7 Å². The van der Waals surface area contributed by atoms with Gasteiger partial charge in [0.25, 0.3) is 0 Å². The minimum Gasteiger partial charge on any atom is -0.508 e. The number of carbonyl (C=O) groups excluding carboxylic acids is 3. The molecule has 0 aliphatic rings. The van der Waals surface area contributed by atoms with E-state index in [-0.39, 0.29) is 12.2 Å². The zero-order valence-electron chi connectivity index (χ0n) is 20.0. The maximum Gasteiger partial charge on any atom is 0.341 e. The number of nitrogens with two attached hydrogens (primary N) is 1. The number of hydrogen-bond donors (Lipinski definition) is 6. The van der Waals surface area contributed by atoms with Crippen molar-refractivity contribution in [3.05, 3.63) is 59.7 Å². The van der Waals surface area contributed by atoms with Crippen molar-refractivity contribution >= 4 is 29.7 Å². The average Bonchev–Trinajstić information content (AvgIpc) is 2.83. The van der Waals surface area contributed by atoms with Gasteiger partial charge in [0.05, 0.1) is 6.42 Å². The zero-order valence-corrected chi connectivity index (χ0v) is 20.0. The van der Waals surface area contributed by atoms with E-state index in [0.29, 0.717) is 17.7 Å². The number of amides is 3. The van der Waals surface area contributed by atoms with E-state index in [4.69, 9.17) is 20.7 Å². The van der Waals surface area contributed by atoms with Crippen molar-refractivity contribution in [2.45, 2.75) is 38.3 Å². The lowest BCUT2D eigenvalue weighted by Crippen LogP contribution is -2.54. The first-order valence-corrected chi connectivity index (χ1v) is 11.3. The Morgan fingerprint density at radius 3 is 1.89 bits per heavy atom. The van der Waals surface area contributed by atoms with Gasteiger partial charge in [-0.3, -0.25) is 19.2 Å². The summed E-state index contributed by atoms with van der Waals surface area (Å²) < 4.78 is 5.08. The summed E-state index contributed by atoms with van der Waals surface area (Å²) in [5, 5.41) is 32.1. The highest BCUT2D eigenvalue weighted by molar-refractivity contribution is 5.93. The fraction of sp³-hybridized carbons (Fsp3) is 0.320. The zero-order chi connectivity index (χ0) is 27.5. The molecule has 0 unspecified atom stereocenters. The van der Waals surface area contributed by atoms with Gasteiger partial charge in [0, 0.05) is 12.3 Å². The van der Waals surface area contributed by atoms with Gasteiger partial charge in [0.15, 0.2) is 6.61 Å². The Morgan fingerprint density at radius 2 is 1.35 bits per heavy atom. The number of benzene rings is 2. The molecule has 0 aromatic heterocycles. The number of hydrogen-bond acceptors (Lipinski definition) is 7. The summed E-state index contributed by atoms with van der Waals surface area (Å²) in [6, 6.07) is 9.84. The van der Waals surface area contributed by atoms with Crippen molar-refractivity contribution in [2.24, 2.45) is 11.7 Å². The molecule has 0 saturated carbocycles. The van der Waals surface area contributed by atoms with Crippen LogP contribution in [0.2, 0.25) is 0 Å². The van der Waals surface area contributed by atoms with Crippen LogP contribution in [0.25, 0.3) is 0 Å². The van der Waals surface area contributed by atoms with Crippen LogP contribution in [0.1, 0.15) is 24.5 Å². The van der Waals surface area contributed by atoms with Gasteiger partial charge in [-0.1, -0.05) is 31.2 Å². The Kier molecular flexibility index (Phi) is 10.4. The highest BCUT2D eigenvalue weighted by Gasteiger charge is 2.28. The van der Waals surface area contributed by atoms with Crippen LogP contribution in [-0.2, 0) is 36.8 Å². The molecule has 0 radical (unpaired) electrons. The molecule has 2 aromatic carbocycles. The summed E-state index contributed by atoms with van der Waals surface area (Å²) >= 11 is 0. The van der Waals surface area contributed by atoms with Crippen molar-refractivity contribution < 1.29 is 44.0 Å². The van der Waals surface area contributed by atoms with Crippen molar-refractivity contribution in [3.8, 4) is 11.5 Å². The van der Waals surface area contributed by atoms with Crippen LogP contribution in [0.5, 0.6) is 11.5 Å². The number of phenolic OH excluding ortho intramolecular Hbond substituents is 1. The molecule has 12 nitrogen and oxygen atoms in total. The van der Waals surface area contributed by atoms with Crippen LogP contribution in [0.3, 0.4) is 0 Å². The molecular weight excluding hydrogens is 486 g/mol. The molecule has 0 aliphatic heterocycles. The second-order valence-electron chi connectivity index (χ2n) is 8.42. The molecule has 198 valence electrons. The van der Waals surface area contributed by atoms with Gasteiger partial charge in [0.2, 0.25) is 17.7 Å². The SMILES string of the molecule is C[C@@H](Cc1ccc(OCC(=O)O)cc1)C(=O)N[C@@H](Cc1ccc(O)cc1)C(=O)N[C@@H](CC(=O)O)C(N)=O. The molecule has 0 spiro atoms. The van der Waals surface area contributed by atoms with Gasteiger partial charge >= 0.3 is 11.9 Å². The summed E-state index contributed by atoms with van der Waals surface area (Å²) in [6.07, 6.45) is -0.427. The van der Waals surface area contributed by atoms with E-state index in [0.717, 1.165) is 5.56 Å². The van der Waals surface area contributed by atoms with E-state index in [1.165, 1.54) is 12.1 Å². The third-order valence-electron chi connectivity index (χ3n) is 5.32. The van der Waals surface area contributed by atoms with E-state index in [2.05, 4.69) is 10.6 Å². The maximum atomic E-state index is 12.9. The quantitative estimate of drug-likeness (QED) is 0.203. The normalized spacial score (nSPS) is 13.0. The second kappa shape index (κ2) is 13.5. The Balaban J connectivity index is 2.11. The lowest BCUT2D eigenvalue weighted by Gasteiger charge is -2.23. The standard InChI is InChI=1S/C25H29N3O9/c1-14(10-15-4-8-18(9-5-15)37-13-22(32)33)24(35)28-20(11-16-2-6-17(29)7-3-16)25(36)27-19(23(26)34)12-21(30)31/h2-9,14,19-20,29H,10-13H2,1H3,(H2,26,34)(H,27,36)(H,28,35)(H,30,31)(H,32,33)/t14-,19-,20-/m0/s1. The average molecular weight is 516 g/mol. The molecular formula is C25H29N3O9. The largest absolute Gasteiger partial charge is 0.508 e. The first kappa shape index (κ1) is 28.6. The van der Waals surface area contributed by atoms with Gasteiger partial charge in [-0.2, -0.15) is 0 Å². The van der Waals surface area contributed by atoms with Crippen LogP contribution in [0, 0.1) is 5.92 Å². The topological polar surface area (TPSA) is 205 Å². The van der Waals surface area contributed by atoms with Crippen LogP contribution in [0.15, 0.2) is 48.5 Å². The molecule has 3 amide bonds. The fourth-order valence-electron chi connectivity index (χ4n) is 3.37. The third-order valence-corrected chi connectivity index (χ3v) is 5.32. The minimum absolute atomic E-state index is 0.00125. The van der Waals surface area contributed by atoms with Gasteiger partial charge in [-0.15, -0.1) is 0 Å². The predicted octanol–water partition coefficient (Wildman–Crippen LogP) is 0.207. The van der Waals surface area contributed by atoms with Gasteiger partial charge in [-0.05, 0) is 41.8 Å². The van der Waals surface area contributed by atoms with E-state index in [1.807, 2.05) is 0 Å². The number of nitrogens with one attached hydrogen (secondary N) is 2. The number of primary amides is 1. The van der Waals surface area contributed by atoms with Crippen molar-refractivity contribution in [2.75, 3.05) is 6.61 Å². The first-order chi connectivity index (χ1) is 17.4. The lowest BCUT2D eigenvalue weighted by molar-refractivity contribution is -0.140. The van der Waals surface area contributed by atoms with Crippen LogP contribution < -0.4 is 21.1 Å². The van der Waals surface area contributed by atoms with Crippen molar-refractivity contribution in [3.63, 3.8) is 0 Å². The van der Waals surface area contributed by atoms with Crippen LogP contribution in [0.4, 0.5) is 0 Å². The number of carbonyl (C=O) groups is 5. The predicted molar refractivity (Wildman–Crippen MR) is 130 cm³/mol. The Hall–Kier alpha value is -4.61. The summed E-state index contributed by atoms with van der Waals surface area (Å²) in [5.41, 5.74) is 6.57. The van der Waals surface area contributed by atoms with Gasteiger partial charge in [0.1, 0.15) is 23.6 Å². The van der Waals surface area contributed by atoms with Crippen LogP contribution >= 0.6 is 0 Å². The molecule has 3 atom stereocenters. The number of rotatable bonds is 14. The number of ether oxygens (including phenoxy) is 1. The molecule has 0 bridgehead atoms. The summed E-state index contributed by atoms with van der Waals surface area (Å²) in [6.45, 7) is 1.17. The number of aliphatic carboxylic acids is 2. The summed E-state index contributed by atoms with van der Waals surface area (Å²) in [4.78, 5) is 59.1. The van der Waals surface area contributed by atoms with E-state index >= 15 is 0 Å². The molecule has 0 fully saturated rings. The third kappa shape index (κ3) is 9.88. The molecule has 37 heavy (non-hydrogen) atoms. The molecule has 12 heteroatoms. The summed E-state index contributed by atoms with van der Waals surface area (Å²) in [5.74, 6) is -4.96.